The summed E-state index contributed by atoms with van der Waals surface area (Å²) in [5, 5.41) is 0. The number of hydrogen-bond acceptors (Lipinski definition) is 6. The molecule has 6 nitrogen and oxygen atoms in total. The zero-order valence-corrected chi connectivity index (χ0v) is 46.4. The van der Waals surface area contributed by atoms with E-state index in [9.17, 15) is 14.4 Å². The Morgan fingerprint density at radius 3 is 0.931 bits per heavy atom. The van der Waals surface area contributed by atoms with Gasteiger partial charge in [0.05, 0.1) is 0 Å². The fourth-order valence-corrected chi connectivity index (χ4v) is 7.61. The molecule has 0 bridgehead atoms. The molecule has 0 amide bonds. The predicted molar refractivity (Wildman–Crippen MR) is 311 cm³/mol. The number of allylic oxidation sites excluding steroid dienone is 22. The molecule has 0 aromatic carbocycles. The number of carbonyl (C=O) groups is 3. The first-order valence-electron chi connectivity index (χ1n) is 29.2. The van der Waals surface area contributed by atoms with Crippen molar-refractivity contribution < 1.29 is 28.6 Å². The van der Waals surface area contributed by atoms with Crippen LogP contribution in [0, 0.1) is 0 Å². The van der Waals surface area contributed by atoms with Gasteiger partial charge in [0.2, 0.25) is 0 Å². The van der Waals surface area contributed by atoms with Gasteiger partial charge in [-0.1, -0.05) is 257 Å². The molecule has 0 aliphatic heterocycles. The Hall–Kier alpha value is -4.45. The average Bonchev–Trinajstić information content (AvgIpc) is 3.38. The monoisotopic (exact) mass is 995 g/mol. The molecule has 0 spiro atoms. The van der Waals surface area contributed by atoms with Gasteiger partial charge in [-0.3, -0.25) is 14.4 Å². The van der Waals surface area contributed by atoms with E-state index in [1.54, 1.807) is 0 Å². The van der Waals surface area contributed by atoms with E-state index in [1.807, 2.05) is 12.2 Å². The molecular formula is C66H106O6. The summed E-state index contributed by atoms with van der Waals surface area (Å²) in [6.07, 6.45) is 83.2. The fraction of sp³-hybridized carbons (Fsp3) is 0.621. The maximum absolute atomic E-state index is 12.8. The van der Waals surface area contributed by atoms with Crippen LogP contribution in [0.2, 0.25) is 0 Å². The second-order valence-corrected chi connectivity index (χ2v) is 18.8. The van der Waals surface area contributed by atoms with Crippen molar-refractivity contribution in [3.63, 3.8) is 0 Å². The minimum absolute atomic E-state index is 0.113. The normalized spacial score (nSPS) is 13.1. The van der Waals surface area contributed by atoms with E-state index in [4.69, 9.17) is 14.2 Å². The summed E-state index contributed by atoms with van der Waals surface area (Å²) >= 11 is 0. The number of hydrogen-bond donors (Lipinski definition) is 0. The zero-order chi connectivity index (χ0) is 52.2. The van der Waals surface area contributed by atoms with Crippen molar-refractivity contribution in [2.45, 2.75) is 252 Å². The summed E-state index contributed by atoms with van der Waals surface area (Å²) in [7, 11) is 0. The molecule has 0 heterocycles. The lowest BCUT2D eigenvalue weighted by atomic mass is 10.0. The number of carbonyl (C=O) groups excluding carboxylic acids is 3. The lowest BCUT2D eigenvalue weighted by Crippen LogP contribution is -2.30. The molecule has 0 N–H and O–H groups in total. The van der Waals surface area contributed by atoms with Crippen LogP contribution in [0.4, 0.5) is 0 Å². The summed E-state index contributed by atoms with van der Waals surface area (Å²) in [4.78, 5) is 38.1. The molecule has 0 radical (unpaired) electrons. The molecule has 0 fully saturated rings. The second kappa shape index (κ2) is 59.1. The van der Waals surface area contributed by atoms with E-state index in [0.717, 1.165) is 128 Å². The molecule has 1 atom stereocenters. The van der Waals surface area contributed by atoms with Gasteiger partial charge in [0.25, 0.3) is 0 Å². The zero-order valence-electron chi connectivity index (χ0n) is 46.4. The molecule has 0 saturated carbocycles. The molecule has 0 aliphatic rings. The minimum Gasteiger partial charge on any atom is -0.462 e. The molecule has 406 valence electrons. The highest BCUT2D eigenvalue weighted by Gasteiger charge is 2.19. The molecule has 0 rings (SSSR count). The molecule has 0 saturated heterocycles. The first kappa shape index (κ1) is 67.5. The van der Waals surface area contributed by atoms with Crippen molar-refractivity contribution in [2.24, 2.45) is 0 Å². The van der Waals surface area contributed by atoms with Crippen molar-refractivity contribution in [1.82, 2.24) is 0 Å². The molecule has 6 heteroatoms. The molecule has 1 unspecified atom stereocenters. The van der Waals surface area contributed by atoms with E-state index < -0.39 is 6.10 Å². The lowest BCUT2D eigenvalue weighted by Gasteiger charge is -2.18. The summed E-state index contributed by atoms with van der Waals surface area (Å²) < 4.78 is 16.8. The third-order valence-electron chi connectivity index (χ3n) is 11.9. The first-order valence-corrected chi connectivity index (χ1v) is 29.2. The number of unbranched alkanes of at least 4 members (excludes halogenated alkanes) is 18. The Bertz CT molecular complexity index is 1560. The van der Waals surface area contributed by atoms with Crippen LogP contribution in [0.15, 0.2) is 134 Å². The Balaban J connectivity index is 4.41. The van der Waals surface area contributed by atoms with Crippen LogP contribution in [0.25, 0.3) is 0 Å². The average molecular weight is 996 g/mol. The van der Waals surface area contributed by atoms with Crippen LogP contribution in [-0.2, 0) is 28.6 Å². The molecule has 0 aliphatic carbocycles. The minimum atomic E-state index is -0.818. The SMILES string of the molecule is CC/C=C\C/C=C\C/C=C\C/C=C\C/C=C\C/C=C\C/C=C\CCCCCCCC(=O)OCC(COC(=O)CC/C=C\C/C=C\C/C=C\C/C=C\CC)OC(=O)CCCCCCCCCCCCCCCC. The molecule has 0 aromatic rings. The summed E-state index contributed by atoms with van der Waals surface area (Å²) in [6.45, 7) is 6.32. The third kappa shape index (κ3) is 56.5. The van der Waals surface area contributed by atoms with Crippen molar-refractivity contribution in [1.29, 1.82) is 0 Å². The van der Waals surface area contributed by atoms with E-state index >= 15 is 0 Å². The van der Waals surface area contributed by atoms with E-state index in [0.29, 0.717) is 19.3 Å². The Labute approximate surface area is 443 Å². The van der Waals surface area contributed by atoms with Crippen molar-refractivity contribution >= 4 is 17.9 Å². The predicted octanol–water partition coefficient (Wildman–Crippen LogP) is 19.8. The van der Waals surface area contributed by atoms with E-state index in [2.05, 4.69) is 142 Å². The van der Waals surface area contributed by atoms with Crippen LogP contribution in [0.5, 0.6) is 0 Å². The fourth-order valence-electron chi connectivity index (χ4n) is 7.61. The van der Waals surface area contributed by atoms with Crippen LogP contribution in [0.3, 0.4) is 0 Å². The van der Waals surface area contributed by atoms with Crippen molar-refractivity contribution in [3.05, 3.63) is 134 Å². The Morgan fingerprint density at radius 1 is 0.292 bits per heavy atom. The summed E-state index contributed by atoms with van der Waals surface area (Å²) in [5.74, 6) is -1.02. The largest absolute Gasteiger partial charge is 0.462 e. The Kier molecular flexibility index (Phi) is 55.5. The third-order valence-corrected chi connectivity index (χ3v) is 11.9. The van der Waals surface area contributed by atoms with Gasteiger partial charge in [-0.2, -0.15) is 0 Å². The maximum Gasteiger partial charge on any atom is 0.306 e. The standard InChI is InChI=1S/C66H106O6/c1-4-7-10-13-16-19-22-25-27-28-29-30-31-32-33-34-35-36-37-38-39-42-44-47-50-53-56-59-65(68)71-62-63(61-70-64(67)58-55-52-49-46-43-40-24-21-18-15-12-9-6-3)72-66(69)60-57-54-51-48-45-41-26-23-20-17-14-11-8-5-2/h7,9-10,12,16,18-19,21,25,27,29-30,32-33,35-36,38-40,43,49,52,63H,4-6,8,11,13-15,17,20,22-24,26,28,31,34,37,41-42,44-48,50-51,53-62H2,1-3H3/b10-7-,12-9-,19-16-,21-18-,27-25-,30-29-,33-32-,36-35-,39-38-,43-40-,52-49-. The molecule has 72 heavy (non-hydrogen) atoms. The quantitative estimate of drug-likeness (QED) is 0.0261. The van der Waals surface area contributed by atoms with Gasteiger partial charge in [-0.15, -0.1) is 0 Å². The lowest BCUT2D eigenvalue weighted by molar-refractivity contribution is -0.166. The number of esters is 3. The van der Waals surface area contributed by atoms with Crippen molar-refractivity contribution in [3.8, 4) is 0 Å². The molecule has 0 aromatic heterocycles. The van der Waals surface area contributed by atoms with Crippen LogP contribution in [-0.4, -0.2) is 37.2 Å². The molecular weight excluding hydrogens is 889 g/mol. The second-order valence-electron chi connectivity index (χ2n) is 18.8. The van der Waals surface area contributed by atoms with Crippen LogP contribution in [0.1, 0.15) is 245 Å². The highest BCUT2D eigenvalue weighted by molar-refractivity contribution is 5.71. The van der Waals surface area contributed by atoms with Gasteiger partial charge in [-0.25, -0.2) is 0 Å². The van der Waals surface area contributed by atoms with E-state index in [-0.39, 0.29) is 37.5 Å². The first-order chi connectivity index (χ1) is 35.5. The maximum atomic E-state index is 12.8. The van der Waals surface area contributed by atoms with Crippen molar-refractivity contribution in [2.75, 3.05) is 13.2 Å². The summed E-state index contributed by atoms with van der Waals surface area (Å²) in [5.41, 5.74) is 0. The van der Waals surface area contributed by atoms with Gasteiger partial charge in [0, 0.05) is 19.3 Å². The van der Waals surface area contributed by atoms with Crippen LogP contribution >= 0.6 is 0 Å². The smallest absolute Gasteiger partial charge is 0.306 e. The van der Waals surface area contributed by atoms with Gasteiger partial charge in [0.1, 0.15) is 13.2 Å². The van der Waals surface area contributed by atoms with Gasteiger partial charge in [0.15, 0.2) is 6.10 Å². The number of ether oxygens (including phenoxy) is 3. The van der Waals surface area contributed by atoms with Gasteiger partial charge >= 0.3 is 17.9 Å². The highest BCUT2D eigenvalue weighted by Crippen LogP contribution is 2.15. The van der Waals surface area contributed by atoms with Crippen LogP contribution < -0.4 is 0 Å². The highest BCUT2D eigenvalue weighted by atomic mass is 16.6. The Morgan fingerprint density at radius 2 is 0.569 bits per heavy atom. The number of rotatable bonds is 51. The summed E-state index contributed by atoms with van der Waals surface area (Å²) in [6, 6.07) is 0. The van der Waals surface area contributed by atoms with Gasteiger partial charge < -0.3 is 14.2 Å². The topological polar surface area (TPSA) is 78.9 Å². The van der Waals surface area contributed by atoms with E-state index in [1.165, 1.54) is 70.6 Å². The van der Waals surface area contributed by atoms with Gasteiger partial charge in [-0.05, 0) is 103 Å².